The third-order valence-corrected chi connectivity index (χ3v) is 5.33. The number of ether oxygens (including phenoxy) is 1. The van der Waals surface area contributed by atoms with E-state index in [1.54, 1.807) is 6.92 Å². The fourth-order valence-electron chi connectivity index (χ4n) is 4.05. The lowest BCUT2D eigenvalue weighted by atomic mass is 9.88. The van der Waals surface area contributed by atoms with Crippen molar-refractivity contribution in [1.82, 2.24) is 4.90 Å². The van der Waals surface area contributed by atoms with E-state index in [1.807, 2.05) is 24.3 Å². The summed E-state index contributed by atoms with van der Waals surface area (Å²) < 4.78 is 45.3. The number of fused-ring (bicyclic) bond motifs is 2. The molecule has 5 heteroatoms. The molecule has 2 atom stereocenters. The standard InChI is InChI=1S/C22H22F3NO/c1-15-7-17(9-19(8-15)22(23,24)25)18-10-20-13-27-14-21(11-18)26(20)12-16-5-3-2-4-6-16/h2-10,20-21H,11-14H2,1H3. The van der Waals surface area contributed by atoms with E-state index in [-0.39, 0.29) is 12.1 Å². The molecule has 0 spiro atoms. The number of hydrogen-bond acceptors (Lipinski definition) is 2. The Labute approximate surface area is 157 Å². The molecule has 2 nitrogen and oxygen atoms in total. The maximum atomic E-state index is 13.2. The van der Waals surface area contributed by atoms with Gasteiger partial charge in [-0.05, 0) is 47.7 Å². The van der Waals surface area contributed by atoms with Gasteiger partial charge >= 0.3 is 6.18 Å². The predicted molar refractivity (Wildman–Crippen MR) is 99.2 cm³/mol. The van der Waals surface area contributed by atoms with Gasteiger partial charge in [-0.3, -0.25) is 4.90 Å². The van der Waals surface area contributed by atoms with E-state index in [4.69, 9.17) is 4.74 Å². The largest absolute Gasteiger partial charge is 0.416 e. The topological polar surface area (TPSA) is 12.5 Å². The van der Waals surface area contributed by atoms with Crippen molar-refractivity contribution in [3.05, 3.63) is 76.9 Å². The number of aryl methyl sites for hydroxylation is 1. The van der Waals surface area contributed by atoms with Crippen LogP contribution in [0.25, 0.3) is 5.57 Å². The smallest absolute Gasteiger partial charge is 0.378 e. The summed E-state index contributed by atoms with van der Waals surface area (Å²) in [6.07, 6.45) is -1.54. The van der Waals surface area contributed by atoms with E-state index in [1.165, 1.54) is 17.7 Å². The van der Waals surface area contributed by atoms with Crippen molar-refractivity contribution in [1.29, 1.82) is 0 Å². The quantitative estimate of drug-likeness (QED) is 0.745. The summed E-state index contributed by atoms with van der Waals surface area (Å²) in [4.78, 5) is 2.41. The van der Waals surface area contributed by atoms with Gasteiger partial charge in [-0.15, -0.1) is 0 Å². The predicted octanol–water partition coefficient (Wildman–Crippen LogP) is 5.07. The van der Waals surface area contributed by atoms with Gasteiger partial charge in [0.2, 0.25) is 0 Å². The molecule has 0 saturated carbocycles. The van der Waals surface area contributed by atoms with Crippen LogP contribution in [0.1, 0.15) is 28.7 Å². The van der Waals surface area contributed by atoms with Gasteiger partial charge in [-0.2, -0.15) is 13.2 Å². The van der Waals surface area contributed by atoms with E-state index >= 15 is 0 Å². The summed E-state index contributed by atoms with van der Waals surface area (Å²) in [6.45, 7) is 3.72. The number of morpholine rings is 1. The number of rotatable bonds is 3. The maximum Gasteiger partial charge on any atom is 0.416 e. The van der Waals surface area contributed by atoms with Crippen molar-refractivity contribution in [3.8, 4) is 0 Å². The Morgan fingerprint density at radius 3 is 2.56 bits per heavy atom. The maximum absolute atomic E-state index is 13.2. The van der Waals surface area contributed by atoms with Crippen LogP contribution in [0.3, 0.4) is 0 Å². The number of benzene rings is 2. The van der Waals surface area contributed by atoms with Crippen molar-refractivity contribution in [3.63, 3.8) is 0 Å². The molecule has 4 rings (SSSR count). The van der Waals surface area contributed by atoms with Gasteiger partial charge in [-0.25, -0.2) is 0 Å². The fourth-order valence-corrected chi connectivity index (χ4v) is 4.05. The molecule has 0 aromatic heterocycles. The van der Waals surface area contributed by atoms with E-state index < -0.39 is 11.7 Å². The van der Waals surface area contributed by atoms with Gasteiger partial charge in [0.05, 0.1) is 24.8 Å². The SMILES string of the molecule is Cc1cc(C2=CC3COCC(C2)N3Cc2ccccc2)cc(C(F)(F)F)c1. The van der Waals surface area contributed by atoms with Gasteiger partial charge in [0.1, 0.15) is 0 Å². The number of halogens is 3. The van der Waals surface area contributed by atoms with Gasteiger partial charge in [0, 0.05) is 12.6 Å². The van der Waals surface area contributed by atoms with E-state index in [0.29, 0.717) is 30.8 Å². The molecule has 2 bridgehead atoms. The lowest BCUT2D eigenvalue weighted by Gasteiger charge is -2.45. The summed E-state index contributed by atoms with van der Waals surface area (Å²) in [5, 5.41) is 0. The normalized spacial score (nSPS) is 23.2. The van der Waals surface area contributed by atoms with Crippen molar-refractivity contribution >= 4 is 5.57 Å². The minimum atomic E-state index is -4.33. The second kappa shape index (κ2) is 7.13. The zero-order valence-corrected chi connectivity index (χ0v) is 15.2. The van der Waals surface area contributed by atoms with Crippen molar-refractivity contribution in [2.45, 2.75) is 38.1 Å². The highest BCUT2D eigenvalue weighted by Crippen LogP contribution is 2.37. The van der Waals surface area contributed by atoms with Gasteiger partial charge in [-0.1, -0.05) is 42.5 Å². The Morgan fingerprint density at radius 2 is 1.85 bits per heavy atom. The third-order valence-electron chi connectivity index (χ3n) is 5.33. The molecule has 2 aliphatic rings. The van der Waals surface area contributed by atoms with E-state index in [2.05, 4.69) is 23.1 Å². The molecule has 0 radical (unpaired) electrons. The third kappa shape index (κ3) is 3.94. The average Bonchev–Trinajstić information content (AvgIpc) is 2.61. The summed E-state index contributed by atoms with van der Waals surface area (Å²) >= 11 is 0. The minimum Gasteiger partial charge on any atom is -0.378 e. The highest BCUT2D eigenvalue weighted by Gasteiger charge is 2.36. The highest BCUT2D eigenvalue weighted by molar-refractivity contribution is 5.69. The van der Waals surface area contributed by atoms with Crippen molar-refractivity contribution < 1.29 is 17.9 Å². The number of alkyl halides is 3. The molecule has 2 heterocycles. The summed E-state index contributed by atoms with van der Waals surface area (Å²) in [7, 11) is 0. The molecule has 0 amide bonds. The zero-order valence-electron chi connectivity index (χ0n) is 15.2. The Bertz CT molecular complexity index is 844. The second-order valence-corrected chi connectivity index (χ2v) is 7.40. The van der Waals surface area contributed by atoms with Crippen molar-refractivity contribution in [2.75, 3.05) is 13.2 Å². The van der Waals surface area contributed by atoms with Gasteiger partial charge in [0.25, 0.3) is 0 Å². The zero-order chi connectivity index (χ0) is 19.0. The molecule has 1 fully saturated rings. The molecular formula is C22H22F3NO. The van der Waals surface area contributed by atoms with E-state index in [9.17, 15) is 13.2 Å². The van der Waals surface area contributed by atoms with Crippen LogP contribution >= 0.6 is 0 Å². The first-order valence-corrected chi connectivity index (χ1v) is 9.17. The summed E-state index contributed by atoms with van der Waals surface area (Å²) in [6, 6.07) is 14.9. The monoisotopic (exact) mass is 373 g/mol. The van der Waals surface area contributed by atoms with Crippen LogP contribution in [0, 0.1) is 6.92 Å². The Kier molecular flexibility index (Phi) is 4.82. The molecule has 142 valence electrons. The first-order valence-electron chi connectivity index (χ1n) is 9.17. The van der Waals surface area contributed by atoms with E-state index in [0.717, 1.165) is 12.1 Å². The first-order chi connectivity index (χ1) is 12.9. The number of hydrogen-bond donors (Lipinski definition) is 0. The molecule has 1 saturated heterocycles. The highest BCUT2D eigenvalue weighted by atomic mass is 19.4. The Hall–Kier alpha value is -2.11. The molecule has 2 aliphatic heterocycles. The van der Waals surface area contributed by atoms with Crippen LogP contribution in [-0.4, -0.2) is 30.2 Å². The minimum absolute atomic E-state index is 0.0857. The van der Waals surface area contributed by atoms with Crippen LogP contribution < -0.4 is 0 Å². The van der Waals surface area contributed by atoms with Gasteiger partial charge in [0.15, 0.2) is 0 Å². The lowest BCUT2D eigenvalue weighted by molar-refractivity contribution is -0.137. The van der Waals surface area contributed by atoms with Crippen LogP contribution in [-0.2, 0) is 17.5 Å². The van der Waals surface area contributed by atoms with Crippen LogP contribution in [0.15, 0.2) is 54.6 Å². The van der Waals surface area contributed by atoms with Crippen LogP contribution in [0.5, 0.6) is 0 Å². The molecule has 27 heavy (non-hydrogen) atoms. The van der Waals surface area contributed by atoms with Crippen LogP contribution in [0.2, 0.25) is 0 Å². The fraction of sp³-hybridized carbons (Fsp3) is 0.364. The molecular weight excluding hydrogens is 351 g/mol. The Morgan fingerprint density at radius 1 is 1.07 bits per heavy atom. The van der Waals surface area contributed by atoms with Gasteiger partial charge < -0.3 is 4.74 Å². The molecule has 0 N–H and O–H groups in total. The average molecular weight is 373 g/mol. The lowest BCUT2D eigenvalue weighted by Crippen LogP contribution is -2.53. The summed E-state index contributed by atoms with van der Waals surface area (Å²) in [5.41, 5.74) is 2.96. The van der Waals surface area contributed by atoms with Crippen molar-refractivity contribution in [2.24, 2.45) is 0 Å². The molecule has 0 aliphatic carbocycles. The molecule has 2 unspecified atom stereocenters. The second-order valence-electron chi connectivity index (χ2n) is 7.40. The summed E-state index contributed by atoms with van der Waals surface area (Å²) in [5.74, 6) is 0. The Balaban J connectivity index is 1.64. The molecule has 2 aromatic carbocycles. The number of nitrogens with zero attached hydrogens (tertiary/aromatic N) is 1. The first kappa shape index (κ1) is 18.3. The molecule has 2 aromatic rings. The van der Waals surface area contributed by atoms with Crippen LogP contribution in [0.4, 0.5) is 13.2 Å².